The number of fused-ring (bicyclic) bond motifs is 2. The van der Waals surface area contributed by atoms with Crippen LogP contribution in [-0.2, 0) is 22.9 Å². The van der Waals surface area contributed by atoms with Crippen molar-refractivity contribution in [1.29, 1.82) is 0 Å². The molecule has 2 N–H and O–H groups in total. The van der Waals surface area contributed by atoms with Gasteiger partial charge in [0.25, 0.3) is 0 Å². The molecule has 0 spiro atoms. The maximum atomic E-state index is 8.74. The number of hydrogen-bond acceptors (Lipinski definition) is 7. The summed E-state index contributed by atoms with van der Waals surface area (Å²) in [6.07, 6.45) is 0. The Balaban J connectivity index is 0.000000720. The molecule has 0 unspecified atom stereocenters. The molecule has 2 rings (SSSR count). The van der Waals surface area contributed by atoms with Gasteiger partial charge in [-0.1, -0.05) is 0 Å². The molecule has 13 heavy (non-hydrogen) atoms. The SMILES string of the molecule is OB1OB2OB(O)OB(O1)O2.[Na].[Na]. The maximum Gasteiger partial charge on any atom is 0.612 e. The van der Waals surface area contributed by atoms with Crippen molar-refractivity contribution in [3.05, 3.63) is 0 Å². The van der Waals surface area contributed by atoms with Crippen LogP contribution >= 0.6 is 0 Å². The predicted octanol–water partition coefficient (Wildman–Crippen LogP) is -3.74. The Kier molecular flexibility index (Phi) is 7.53. The van der Waals surface area contributed by atoms with E-state index < -0.39 is 29.3 Å². The molecule has 0 aliphatic carbocycles. The molecule has 0 saturated carbocycles. The molecule has 0 atom stereocenters. The van der Waals surface area contributed by atoms with Gasteiger partial charge < -0.3 is 32.9 Å². The molecule has 2 heterocycles. The Bertz CT molecular complexity index is 124. The summed E-state index contributed by atoms with van der Waals surface area (Å²) in [5.41, 5.74) is 0. The van der Waals surface area contributed by atoms with Crippen molar-refractivity contribution in [3.8, 4) is 0 Å². The molecular formula is H2B4Na2O7. The minimum Gasteiger partial charge on any atom is -0.403 e. The quantitative estimate of drug-likeness (QED) is 0.391. The fraction of sp³-hybridized carbons (Fsp3) is 0. The smallest absolute Gasteiger partial charge is 0.403 e. The van der Waals surface area contributed by atoms with Gasteiger partial charge in [-0.15, -0.1) is 0 Å². The molecule has 58 valence electrons. The predicted molar refractivity (Wildman–Crippen MR) is 44.4 cm³/mol. The Morgan fingerprint density at radius 2 is 0.923 bits per heavy atom. The Labute approximate surface area is 120 Å². The molecule has 2 saturated heterocycles. The second kappa shape index (κ2) is 6.54. The zero-order chi connectivity index (χ0) is 7.84. The van der Waals surface area contributed by atoms with Crippen LogP contribution in [0.15, 0.2) is 0 Å². The van der Waals surface area contributed by atoms with Gasteiger partial charge in [0.05, 0.1) is 0 Å². The zero-order valence-corrected chi connectivity index (χ0v) is 11.2. The van der Waals surface area contributed by atoms with Crippen molar-refractivity contribution < 1.29 is 32.9 Å². The standard InChI is InChI=1S/B4H2O7.2Na/c5-1-7-3-9-2(6)10-4(8-1)11-3;;/h5-6H;;. The van der Waals surface area contributed by atoms with Crippen LogP contribution in [0.5, 0.6) is 0 Å². The second-order valence-electron chi connectivity index (χ2n) is 1.87. The zero-order valence-electron chi connectivity index (χ0n) is 7.25. The summed E-state index contributed by atoms with van der Waals surface area (Å²) < 4.78 is 22.6. The first-order valence-corrected chi connectivity index (χ1v) is 2.87. The third kappa shape index (κ3) is 4.15. The van der Waals surface area contributed by atoms with Gasteiger partial charge in [0.2, 0.25) is 0 Å². The molecular weight excluding hydrogens is 201 g/mol. The normalized spacial score (nSPS) is 20.8. The summed E-state index contributed by atoms with van der Waals surface area (Å²) in [6, 6.07) is 0. The van der Waals surface area contributed by atoms with Crippen LogP contribution in [0.4, 0.5) is 0 Å². The molecule has 2 bridgehead atoms. The Morgan fingerprint density at radius 1 is 0.615 bits per heavy atom. The monoisotopic (exact) mass is 204 g/mol. The first kappa shape index (κ1) is 15.0. The van der Waals surface area contributed by atoms with Gasteiger partial charge in [-0.05, 0) is 0 Å². The van der Waals surface area contributed by atoms with Gasteiger partial charge in [0.1, 0.15) is 0 Å². The summed E-state index contributed by atoms with van der Waals surface area (Å²) in [4.78, 5) is 0. The van der Waals surface area contributed by atoms with E-state index in [1.807, 2.05) is 0 Å². The van der Waals surface area contributed by atoms with Crippen LogP contribution in [0.3, 0.4) is 0 Å². The molecule has 13 heteroatoms. The van der Waals surface area contributed by atoms with Gasteiger partial charge in [0.15, 0.2) is 0 Å². The van der Waals surface area contributed by atoms with Crippen LogP contribution in [0.1, 0.15) is 0 Å². The molecule has 0 aromatic carbocycles. The summed E-state index contributed by atoms with van der Waals surface area (Å²) in [6.45, 7) is 0. The van der Waals surface area contributed by atoms with E-state index in [-0.39, 0.29) is 59.1 Å². The van der Waals surface area contributed by atoms with E-state index >= 15 is 0 Å². The van der Waals surface area contributed by atoms with Gasteiger partial charge in [-0.25, -0.2) is 0 Å². The van der Waals surface area contributed by atoms with Crippen molar-refractivity contribution in [1.82, 2.24) is 0 Å². The Morgan fingerprint density at radius 3 is 1.23 bits per heavy atom. The molecule has 2 fully saturated rings. The van der Waals surface area contributed by atoms with Gasteiger partial charge in [-0.2, -0.15) is 0 Å². The van der Waals surface area contributed by atoms with E-state index in [1.54, 1.807) is 0 Å². The van der Waals surface area contributed by atoms with Crippen LogP contribution in [-0.4, -0.2) is 98.4 Å². The Hall–Kier alpha value is 1.98. The van der Waals surface area contributed by atoms with Crippen LogP contribution < -0.4 is 0 Å². The minimum atomic E-state index is -1.45. The van der Waals surface area contributed by atoms with Crippen molar-refractivity contribution >= 4 is 88.4 Å². The van der Waals surface area contributed by atoms with E-state index in [0.29, 0.717) is 0 Å². The van der Waals surface area contributed by atoms with E-state index in [0.717, 1.165) is 0 Å². The topological polar surface area (TPSA) is 86.6 Å². The van der Waals surface area contributed by atoms with Gasteiger partial charge >= 0.3 is 29.3 Å². The molecule has 0 amide bonds. The first-order valence-electron chi connectivity index (χ1n) is 2.87. The van der Waals surface area contributed by atoms with Crippen molar-refractivity contribution in [3.63, 3.8) is 0 Å². The van der Waals surface area contributed by atoms with Gasteiger partial charge in [0, 0.05) is 59.1 Å². The summed E-state index contributed by atoms with van der Waals surface area (Å²) in [5.74, 6) is 0. The molecule has 2 aliphatic rings. The third-order valence-corrected chi connectivity index (χ3v) is 1.13. The average molecular weight is 203 g/mol. The summed E-state index contributed by atoms with van der Waals surface area (Å²) in [7, 11) is -5.20. The van der Waals surface area contributed by atoms with E-state index in [2.05, 4.69) is 22.9 Å². The molecule has 7 nitrogen and oxygen atoms in total. The van der Waals surface area contributed by atoms with E-state index in [4.69, 9.17) is 10.0 Å². The molecule has 0 aromatic rings. The van der Waals surface area contributed by atoms with Crippen molar-refractivity contribution in [2.24, 2.45) is 0 Å². The van der Waals surface area contributed by atoms with Crippen LogP contribution in [0, 0.1) is 0 Å². The first-order chi connectivity index (χ1) is 5.24. The third-order valence-electron chi connectivity index (χ3n) is 1.13. The van der Waals surface area contributed by atoms with Crippen LogP contribution in [0.25, 0.3) is 0 Å². The molecule has 2 aliphatic heterocycles. The van der Waals surface area contributed by atoms with Crippen molar-refractivity contribution in [2.45, 2.75) is 0 Å². The molecule has 2 radical (unpaired) electrons. The fourth-order valence-electron chi connectivity index (χ4n) is 0.728. The van der Waals surface area contributed by atoms with Crippen molar-refractivity contribution in [2.75, 3.05) is 0 Å². The summed E-state index contributed by atoms with van der Waals surface area (Å²) in [5, 5.41) is 17.5. The number of rotatable bonds is 0. The summed E-state index contributed by atoms with van der Waals surface area (Å²) >= 11 is 0. The van der Waals surface area contributed by atoms with Gasteiger partial charge in [-0.3, -0.25) is 0 Å². The number of hydrogen-bond donors (Lipinski definition) is 2. The minimum absolute atomic E-state index is 0. The van der Waals surface area contributed by atoms with Crippen LogP contribution in [0.2, 0.25) is 0 Å². The molecule has 0 aromatic heterocycles. The van der Waals surface area contributed by atoms with E-state index in [1.165, 1.54) is 0 Å². The average Bonchev–Trinajstić information content (AvgIpc) is 1.82. The second-order valence-corrected chi connectivity index (χ2v) is 1.87. The largest absolute Gasteiger partial charge is 0.612 e. The maximum absolute atomic E-state index is 8.74. The van der Waals surface area contributed by atoms with E-state index in [9.17, 15) is 0 Å². The fourth-order valence-corrected chi connectivity index (χ4v) is 0.728.